The van der Waals surface area contributed by atoms with Gasteiger partial charge in [0.25, 0.3) is 0 Å². The van der Waals surface area contributed by atoms with Crippen molar-refractivity contribution in [3.05, 3.63) is 18.1 Å². The fourth-order valence-corrected chi connectivity index (χ4v) is 3.19. The molecule has 2 heterocycles. The molecule has 0 aromatic carbocycles. The molecule has 1 N–H and O–H groups in total. The topological polar surface area (TPSA) is 56.3 Å². The smallest absolute Gasteiger partial charge is 0.220 e. The van der Waals surface area contributed by atoms with E-state index >= 15 is 0 Å². The summed E-state index contributed by atoms with van der Waals surface area (Å²) in [4.78, 5) is 8.18. The van der Waals surface area contributed by atoms with Crippen molar-refractivity contribution in [1.29, 1.82) is 0 Å². The van der Waals surface area contributed by atoms with Crippen LogP contribution in [0.15, 0.2) is 12.5 Å². The molecule has 2 fully saturated rings. The zero-order chi connectivity index (χ0) is 14.0. The average molecular weight is 277 g/mol. The Kier molecular flexibility index (Phi) is 3.89. The monoisotopic (exact) mass is 277 g/mol. The lowest BCUT2D eigenvalue weighted by atomic mass is 9.81. The average Bonchev–Trinajstić information content (AvgIpc) is 3.23. The van der Waals surface area contributed by atoms with E-state index in [0.717, 1.165) is 37.6 Å². The summed E-state index contributed by atoms with van der Waals surface area (Å²) in [5.74, 6) is 1.44. The quantitative estimate of drug-likeness (QED) is 0.859. The van der Waals surface area contributed by atoms with Crippen LogP contribution in [0.1, 0.15) is 31.7 Å². The van der Waals surface area contributed by atoms with Crippen molar-refractivity contribution < 1.29 is 9.47 Å². The lowest BCUT2D eigenvalue weighted by Crippen LogP contribution is -2.39. The van der Waals surface area contributed by atoms with Crippen LogP contribution in [-0.4, -0.2) is 36.3 Å². The van der Waals surface area contributed by atoms with Crippen molar-refractivity contribution in [2.75, 3.05) is 20.3 Å². The third-order valence-corrected chi connectivity index (χ3v) is 4.49. The summed E-state index contributed by atoms with van der Waals surface area (Å²) in [7, 11) is 1.64. The van der Waals surface area contributed by atoms with E-state index in [4.69, 9.17) is 9.47 Å². The van der Waals surface area contributed by atoms with Crippen LogP contribution in [-0.2, 0) is 11.3 Å². The Morgan fingerprint density at radius 2 is 2.35 bits per heavy atom. The molecule has 5 nitrogen and oxygen atoms in total. The zero-order valence-electron chi connectivity index (χ0n) is 12.3. The first kappa shape index (κ1) is 13.8. The molecule has 0 bridgehead atoms. The molecule has 2 atom stereocenters. The van der Waals surface area contributed by atoms with Gasteiger partial charge in [-0.2, -0.15) is 0 Å². The van der Waals surface area contributed by atoms with Crippen molar-refractivity contribution in [3.63, 3.8) is 0 Å². The molecule has 5 heteroatoms. The Bertz CT molecular complexity index is 464. The first-order chi connectivity index (χ1) is 9.73. The van der Waals surface area contributed by atoms with Crippen LogP contribution in [0.3, 0.4) is 0 Å². The van der Waals surface area contributed by atoms with E-state index in [2.05, 4.69) is 22.2 Å². The summed E-state index contributed by atoms with van der Waals surface area (Å²) in [6, 6.07) is 0. The number of ether oxygens (including phenoxy) is 2. The highest BCUT2D eigenvalue weighted by molar-refractivity contribution is 5.21. The number of nitrogens with one attached hydrogen (secondary N) is 1. The molecule has 2 aliphatic rings. The van der Waals surface area contributed by atoms with Gasteiger partial charge in [-0.25, -0.2) is 9.97 Å². The maximum atomic E-state index is 5.95. The molecule has 1 aliphatic heterocycles. The standard InChI is InChI=1S/C15H23N3O2/c1-15(5-6-20-13(15)11-3-4-11)9-16-7-12-8-17-10-18-14(12)19-2/h8,10-11,13,16H,3-7,9H2,1-2H3. The minimum Gasteiger partial charge on any atom is -0.481 e. The lowest BCUT2D eigenvalue weighted by molar-refractivity contribution is 0.0386. The highest BCUT2D eigenvalue weighted by atomic mass is 16.5. The van der Waals surface area contributed by atoms with Gasteiger partial charge in [0, 0.05) is 36.9 Å². The largest absolute Gasteiger partial charge is 0.481 e. The number of rotatable bonds is 6. The van der Waals surface area contributed by atoms with Gasteiger partial charge in [0.05, 0.1) is 13.2 Å². The zero-order valence-corrected chi connectivity index (χ0v) is 12.3. The van der Waals surface area contributed by atoms with Gasteiger partial charge in [-0.15, -0.1) is 0 Å². The van der Waals surface area contributed by atoms with E-state index in [1.165, 1.54) is 19.2 Å². The van der Waals surface area contributed by atoms with Gasteiger partial charge in [-0.3, -0.25) is 0 Å². The Labute approximate surface area is 120 Å². The fraction of sp³-hybridized carbons (Fsp3) is 0.733. The highest BCUT2D eigenvalue weighted by Gasteiger charge is 2.47. The van der Waals surface area contributed by atoms with Gasteiger partial charge >= 0.3 is 0 Å². The molecule has 1 aliphatic carbocycles. The van der Waals surface area contributed by atoms with E-state index < -0.39 is 0 Å². The van der Waals surface area contributed by atoms with Gasteiger partial charge < -0.3 is 14.8 Å². The van der Waals surface area contributed by atoms with E-state index in [9.17, 15) is 0 Å². The molecule has 20 heavy (non-hydrogen) atoms. The van der Waals surface area contributed by atoms with Crippen LogP contribution in [0.5, 0.6) is 5.88 Å². The van der Waals surface area contributed by atoms with Gasteiger partial charge in [-0.05, 0) is 25.2 Å². The van der Waals surface area contributed by atoms with E-state index in [-0.39, 0.29) is 5.41 Å². The SMILES string of the molecule is COc1ncncc1CNCC1(C)CCOC1C1CC1. The highest BCUT2D eigenvalue weighted by Crippen LogP contribution is 2.47. The number of aromatic nitrogens is 2. The first-order valence-corrected chi connectivity index (χ1v) is 7.38. The Balaban J connectivity index is 1.56. The summed E-state index contributed by atoms with van der Waals surface area (Å²) in [6.07, 6.45) is 7.57. The molecule has 2 unspecified atom stereocenters. The van der Waals surface area contributed by atoms with Crippen molar-refractivity contribution >= 4 is 0 Å². The molecule has 0 amide bonds. The van der Waals surface area contributed by atoms with Crippen LogP contribution in [0, 0.1) is 11.3 Å². The molecular formula is C15H23N3O2. The third-order valence-electron chi connectivity index (χ3n) is 4.49. The summed E-state index contributed by atoms with van der Waals surface area (Å²) in [5, 5.41) is 3.53. The second-order valence-electron chi connectivity index (χ2n) is 6.19. The second kappa shape index (κ2) is 5.66. The van der Waals surface area contributed by atoms with E-state index in [1.807, 2.05) is 6.20 Å². The molecule has 110 valence electrons. The maximum absolute atomic E-state index is 5.95. The van der Waals surface area contributed by atoms with Gasteiger partial charge in [0.15, 0.2) is 0 Å². The normalized spacial score (nSPS) is 29.6. The Morgan fingerprint density at radius 3 is 3.10 bits per heavy atom. The Hall–Kier alpha value is -1.20. The Morgan fingerprint density at radius 1 is 1.50 bits per heavy atom. The van der Waals surface area contributed by atoms with E-state index in [0.29, 0.717) is 12.0 Å². The minimum atomic E-state index is 0.254. The molecule has 0 radical (unpaired) electrons. The summed E-state index contributed by atoms with van der Waals surface area (Å²) in [5.41, 5.74) is 1.25. The van der Waals surface area contributed by atoms with Crippen LogP contribution < -0.4 is 10.1 Å². The molecule has 1 aromatic rings. The van der Waals surface area contributed by atoms with Crippen molar-refractivity contribution in [1.82, 2.24) is 15.3 Å². The predicted octanol–water partition coefficient (Wildman–Crippen LogP) is 1.78. The number of nitrogens with zero attached hydrogens (tertiary/aromatic N) is 2. The number of hydrogen-bond acceptors (Lipinski definition) is 5. The lowest BCUT2D eigenvalue weighted by Gasteiger charge is -2.30. The predicted molar refractivity (Wildman–Crippen MR) is 75.5 cm³/mol. The van der Waals surface area contributed by atoms with Crippen molar-refractivity contribution in [2.24, 2.45) is 11.3 Å². The minimum absolute atomic E-state index is 0.254. The van der Waals surface area contributed by atoms with Gasteiger partial charge in [-0.1, -0.05) is 6.92 Å². The molecule has 0 spiro atoms. The first-order valence-electron chi connectivity index (χ1n) is 7.38. The van der Waals surface area contributed by atoms with Crippen LogP contribution in [0.25, 0.3) is 0 Å². The van der Waals surface area contributed by atoms with Gasteiger partial charge in [0.2, 0.25) is 5.88 Å². The molecular weight excluding hydrogens is 254 g/mol. The fourth-order valence-electron chi connectivity index (χ4n) is 3.19. The molecule has 1 saturated heterocycles. The third kappa shape index (κ3) is 2.79. The van der Waals surface area contributed by atoms with Gasteiger partial charge in [0.1, 0.15) is 6.33 Å². The summed E-state index contributed by atoms with van der Waals surface area (Å²) >= 11 is 0. The number of methoxy groups -OCH3 is 1. The second-order valence-corrected chi connectivity index (χ2v) is 6.19. The molecule has 3 rings (SSSR count). The molecule has 1 aromatic heterocycles. The molecule has 1 saturated carbocycles. The maximum Gasteiger partial charge on any atom is 0.220 e. The van der Waals surface area contributed by atoms with Crippen LogP contribution in [0.2, 0.25) is 0 Å². The van der Waals surface area contributed by atoms with Crippen molar-refractivity contribution in [3.8, 4) is 5.88 Å². The summed E-state index contributed by atoms with van der Waals surface area (Å²) in [6.45, 7) is 4.94. The summed E-state index contributed by atoms with van der Waals surface area (Å²) < 4.78 is 11.2. The van der Waals surface area contributed by atoms with Crippen molar-refractivity contribution in [2.45, 2.75) is 38.8 Å². The van der Waals surface area contributed by atoms with Crippen LogP contribution >= 0.6 is 0 Å². The van der Waals surface area contributed by atoms with E-state index in [1.54, 1.807) is 7.11 Å². The number of hydrogen-bond donors (Lipinski definition) is 1. The van der Waals surface area contributed by atoms with Crippen LogP contribution in [0.4, 0.5) is 0 Å².